The first-order valence-corrected chi connectivity index (χ1v) is 10.7. The van der Waals surface area contributed by atoms with E-state index in [1.54, 1.807) is 0 Å². The lowest BCUT2D eigenvalue weighted by atomic mass is 10.1. The van der Waals surface area contributed by atoms with Crippen LogP contribution in [-0.4, -0.2) is 35.8 Å². The number of aromatic nitrogens is 2. The Bertz CT molecular complexity index is 1060. The first kappa shape index (κ1) is 20.8. The van der Waals surface area contributed by atoms with Crippen LogP contribution in [0.5, 0.6) is 5.75 Å². The van der Waals surface area contributed by atoms with Gasteiger partial charge in [-0.15, -0.1) is 10.2 Å². The number of rotatable bonds is 6. The minimum absolute atomic E-state index is 0.0328. The fraction of sp³-hybridized carbons (Fsp3) is 0.320. The summed E-state index contributed by atoms with van der Waals surface area (Å²) in [5.41, 5.74) is 5.82. The maximum absolute atomic E-state index is 12.3. The van der Waals surface area contributed by atoms with Gasteiger partial charge in [0.05, 0.1) is 5.69 Å². The lowest BCUT2D eigenvalue weighted by molar-refractivity contribution is -0.118. The Morgan fingerprint density at radius 2 is 1.74 bits per heavy atom. The third-order valence-corrected chi connectivity index (χ3v) is 5.67. The number of ether oxygens (including phenoxy) is 1. The van der Waals surface area contributed by atoms with Crippen LogP contribution in [0.2, 0.25) is 0 Å². The molecular weight excluding hydrogens is 388 g/mol. The van der Waals surface area contributed by atoms with Gasteiger partial charge in [-0.05, 0) is 80.6 Å². The smallest absolute Gasteiger partial charge is 0.262 e. The zero-order valence-corrected chi connectivity index (χ0v) is 18.3. The van der Waals surface area contributed by atoms with Crippen LogP contribution in [0.3, 0.4) is 0 Å². The number of nitrogens with one attached hydrogen (secondary N) is 1. The quantitative estimate of drug-likeness (QED) is 0.632. The van der Waals surface area contributed by atoms with Crippen LogP contribution < -0.4 is 15.0 Å². The van der Waals surface area contributed by atoms with Gasteiger partial charge in [-0.25, -0.2) is 0 Å². The summed E-state index contributed by atoms with van der Waals surface area (Å²) in [6, 6.07) is 15.7. The SMILES string of the molecule is Cc1cc(C)c(C)c(OCC(=O)Nc2ccc(-c3ccc(N4CCCC4)nn3)cc2)c1. The van der Waals surface area contributed by atoms with Crippen molar-refractivity contribution in [3.05, 3.63) is 65.2 Å². The van der Waals surface area contributed by atoms with Crippen molar-refractivity contribution in [1.82, 2.24) is 10.2 Å². The molecule has 1 aromatic heterocycles. The van der Waals surface area contributed by atoms with Crippen molar-refractivity contribution in [2.75, 3.05) is 29.9 Å². The van der Waals surface area contributed by atoms with Gasteiger partial charge in [0, 0.05) is 24.3 Å². The van der Waals surface area contributed by atoms with E-state index in [9.17, 15) is 4.79 Å². The molecule has 1 aliphatic rings. The highest BCUT2D eigenvalue weighted by molar-refractivity contribution is 5.92. The molecule has 0 aliphatic carbocycles. The molecule has 2 heterocycles. The summed E-state index contributed by atoms with van der Waals surface area (Å²) >= 11 is 0. The minimum atomic E-state index is -0.193. The molecular formula is C25H28N4O2. The fourth-order valence-electron chi connectivity index (χ4n) is 3.81. The van der Waals surface area contributed by atoms with Crippen molar-refractivity contribution in [2.24, 2.45) is 0 Å². The molecule has 4 rings (SSSR count). The lowest BCUT2D eigenvalue weighted by Crippen LogP contribution is -2.20. The number of hydrogen-bond acceptors (Lipinski definition) is 5. The molecule has 0 saturated carbocycles. The van der Waals surface area contributed by atoms with Gasteiger partial charge < -0.3 is 15.0 Å². The molecule has 0 bridgehead atoms. The van der Waals surface area contributed by atoms with E-state index in [0.717, 1.165) is 58.3 Å². The van der Waals surface area contributed by atoms with Crippen LogP contribution in [0.1, 0.15) is 29.5 Å². The maximum atomic E-state index is 12.3. The first-order chi connectivity index (χ1) is 15.0. The molecule has 6 nitrogen and oxygen atoms in total. The summed E-state index contributed by atoms with van der Waals surface area (Å²) in [4.78, 5) is 14.6. The van der Waals surface area contributed by atoms with Gasteiger partial charge >= 0.3 is 0 Å². The second-order valence-electron chi connectivity index (χ2n) is 8.09. The Kier molecular flexibility index (Phi) is 6.16. The third-order valence-electron chi connectivity index (χ3n) is 5.67. The largest absolute Gasteiger partial charge is 0.483 e. The lowest BCUT2D eigenvalue weighted by Gasteiger charge is -2.15. The van der Waals surface area contributed by atoms with Crippen LogP contribution in [-0.2, 0) is 4.79 Å². The topological polar surface area (TPSA) is 67.3 Å². The predicted octanol–water partition coefficient (Wildman–Crippen LogP) is 4.69. The van der Waals surface area contributed by atoms with Gasteiger partial charge in [0.15, 0.2) is 12.4 Å². The Labute approximate surface area is 183 Å². The standard InChI is InChI=1S/C25H28N4O2/c1-17-14-18(2)19(3)23(15-17)31-16-25(30)26-21-8-6-20(7-9-21)22-10-11-24(28-27-22)29-12-4-5-13-29/h6-11,14-15H,4-5,12-13,16H2,1-3H3,(H,26,30). The summed E-state index contributed by atoms with van der Waals surface area (Å²) in [5.74, 6) is 1.49. The molecule has 1 aliphatic heterocycles. The van der Waals surface area contributed by atoms with Crippen molar-refractivity contribution in [3.63, 3.8) is 0 Å². The van der Waals surface area contributed by atoms with Gasteiger partial charge in [-0.1, -0.05) is 18.2 Å². The number of hydrogen-bond donors (Lipinski definition) is 1. The third kappa shape index (κ3) is 5.02. The highest BCUT2D eigenvalue weighted by Gasteiger charge is 2.14. The van der Waals surface area contributed by atoms with Crippen molar-refractivity contribution in [3.8, 4) is 17.0 Å². The summed E-state index contributed by atoms with van der Waals surface area (Å²) in [5, 5.41) is 11.6. The van der Waals surface area contributed by atoms with Crippen LogP contribution in [0.25, 0.3) is 11.3 Å². The monoisotopic (exact) mass is 416 g/mol. The molecule has 1 N–H and O–H groups in total. The van der Waals surface area contributed by atoms with Crippen LogP contribution in [0.4, 0.5) is 11.5 Å². The number of nitrogens with zero attached hydrogens (tertiary/aromatic N) is 3. The molecule has 160 valence electrons. The highest BCUT2D eigenvalue weighted by Crippen LogP contribution is 2.24. The number of amides is 1. The second-order valence-corrected chi connectivity index (χ2v) is 8.09. The van der Waals surface area contributed by atoms with E-state index in [0.29, 0.717) is 0 Å². The molecule has 0 atom stereocenters. The van der Waals surface area contributed by atoms with Crippen molar-refractivity contribution in [2.45, 2.75) is 33.6 Å². The summed E-state index contributed by atoms with van der Waals surface area (Å²) in [6.07, 6.45) is 2.43. The molecule has 1 fully saturated rings. The Morgan fingerprint density at radius 1 is 1.00 bits per heavy atom. The molecule has 3 aromatic rings. The normalized spacial score (nSPS) is 13.3. The zero-order valence-electron chi connectivity index (χ0n) is 18.3. The fourth-order valence-corrected chi connectivity index (χ4v) is 3.81. The summed E-state index contributed by atoms with van der Waals surface area (Å²) in [6.45, 7) is 8.13. The Morgan fingerprint density at radius 3 is 2.42 bits per heavy atom. The molecule has 1 saturated heterocycles. The van der Waals surface area contributed by atoms with E-state index in [1.807, 2.05) is 63.2 Å². The highest BCUT2D eigenvalue weighted by atomic mass is 16.5. The Balaban J connectivity index is 1.34. The van der Waals surface area contributed by atoms with Gasteiger partial charge in [0.2, 0.25) is 0 Å². The van der Waals surface area contributed by atoms with Crippen LogP contribution in [0, 0.1) is 20.8 Å². The molecule has 0 spiro atoms. The van der Waals surface area contributed by atoms with E-state index in [-0.39, 0.29) is 12.5 Å². The average molecular weight is 417 g/mol. The predicted molar refractivity (Wildman–Crippen MR) is 124 cm³/mol. The average Bonchev–Trinajstić information content (AvgIpc) is 3.31. The molecule has 31 heavy (non-hydrogen) atoms. The Hall–Kier alpha value is -3.41. The van der Waals surface area contributed by atoms with E-state index >= 15 is 0 Å². The van der Waals surface area contributed by atoms with Crippen molar-refractivity contribution in [1.29, 1.82) is 0 Å². The zero-order chi connectivity index (χ0) is 21.8. The van der Waals surface area contributed by atoms with E-state index in [1.165, 1.54) is 12.8 Å². The number of carbonyl (C=O) groups is 1. The minimum Gasteiger partial charge on any atom is -0.483 e. The molecule has 1 amide bonds. The van der Waals surface area contributed by atoms with Gasteiger partial charge in [0.1, 0.15) is 5.75 Å². The van der Waals surface area contributed by atoms with E-state index < -0.39 is 0 Å². The van der Waals surface area contributed by atoms with Crippen LogP contribution >= 0.6 is 0 Å². The number of carbonyl (C=O) groups excluding carboxylic acids is 1. The number of anilines is 2. The molecule has 6 heteroatoms. The van der Waals surface area contributed by atoms with E-state index in [2.05, 4.69) is 26.5 Å². The van der Waals surface area contributed by atoms with Gasteiger partial charge in [0.25, 0.3) is 5.91 Å². The first-order valence-electron chi connectivity index (χ1n) is 10.7. The van der Waals surface area contributed by atoms with Crippen LogP contribution in [0.15, 0.2) is 48.5 Å². The second kappa shape index (κ2) is 9.16. The number of benzene rings is 2. The molecule has 0 unspecified atom stereocenters. The number of aryl methyl sites for hydroxylation is 2. The van der Waals surface area contributed by atoms with Crippen molar-refractivity contribution < 1.29 is 9.53 Å². The molecule has 0 radical (unpaired) electrons. The summed E-state index contributed by atoms with van der Waals surface area (Å²) < 4.78 is 5.74. The van der Waals surface area contributed by atoms with Gasteiger partial charge in [-0.2, -0.15) is 0 Å². The maximum Gasteiger partial charge on any atom is 0.262 e. The summed E-state index contributed by atoms with van der Waals surface area (Å²) in [7, 11) is 0. The van der Waals surface area contributed by atoms with Crippen molar-refractivity contribution >= 4 is 17.4 Å². The molecule has 2 aromatic carbocycles. The van der Waals surface area contributed by atoms with E-state index in [4.69, 9.17) is 4.74 Å². The van der Waals surface area contributed by atoms with Gasteiger partial charge in [-0.3, -0.25) is 4.79 Å².